The van der Waals surface area contributed by atoms with E-state index < -0.39 is 27.2 Å². The first kappa shape index (κ1) is 21.5. The van der Waals surface area contributed by atoms with Crippen molar-refractivity contribution in [2.75, 3.05) is 5.32 Å². The number of hydrogen-bond acceptors (Lipinski definition) is 3. The average Bonchev–Trinajstić information content (AvgIpc) is 3.31. The van der Waals surface area contributed by atoms with Crippen LogP contribution in [0, 0.1) is 12.7 Å². The summed E-state index contributed by atoms with van der Waals surface area (Å²) in [6, 6.07) is 1.49. The molecule has 5 nitrogen and oxygen atoms in total. The summed E-state index contributed by atoms with van der Waals surface area (Å²) >= 11 is 1.01. The Morgan fingerprint density at radius 1 is 1.17 bits per heavy atom. The van der Waals surface area contributed by atoms with Crippen molar-refractivity contribution in [1.82, 2.24) is 0 Å². The van der Waals surface area contributed by atoms with Crippen LogP contribution in [0.15, 0.2) is 14.6 Å². The van der Waals surface area contributed by atoms with Gasteiger partial charge in [0.05, 0.1) is 0 Å². The zero-order chi connectivity index (χ0) is 21.8. The molecule has 1 atom stereocenters. The highest BCUT2D eigenvalue weighted by atomic mass is 32.2. The Labute approximate surface area is 181 Å². The molecule has 0 aliphatic heterocycles. The van der Waals surface area contributed by atoms with Gasteiger partial charge in [-0.1, -0.05) is 26.8 Å². The van der Waals surface area contributed by atoms with Gasteiger partial charge in [0, 0.05) is 16.1 Å². The van der Waals surface area contributed by atoms with Crippen molar-refractivity contribution in [1.29, 1.82) is 0 Å². The number of carbonyl (C=O) groups excluding carboxylic acids is 1. The third-order valence-corrected chi connectivity index (χ3v) is 8.92. The first-order chi connectivity index (χ1) is 14.0. The van der Waals surface area contributed by atoms with Gasteiger partial charge in [-0.2, -0.15) is 0 Å². The molecule has 0 bridgehead atoms. The SMILES string of the molecule is Cc1sc(S(N)(=O)=NC(=O)Nc2c3c(cc4c2CCC4)CCC3)c(F)c1C(C)(C)C. The van der Waals surface area contributed by atoms with Crippen molar-refractivity contribution in [2.24, 2.45) is 9.50 Å². The highest BCUT2D eigenvalue weighted by Gasteiger charge is 2.30. The van der Waals surface area contributed by atoms with Gasteiger partial charge in [-0.15, -0.1) is 15.7 Å². The quantitative estimate of drug-likeness (QED) is 0.643. The normalized spacial score (nSPS) is 17.4. The van der Waals surface area contributed by atoms with E-state index in [1.54, 1.807) is 6.92 Å². The zero-order valence-corrected chi connectivity index (χ0v) is 19.5. The summed E-state index contributed by atoms with van der Waals surface area (Å²) < 4.78 is 31.8. The molecule has 2 aromatic rings. The number of benzene rings is 1. The highest BCUT2D eigenvalue weighted by molar-refractivity contribution is 7.93. The van der Waals surface area contributed by atoms with Gasteiger partial charge in [-0.3, -0.25) is 0 Å². The van der Waals surface area contributed by atoms with E-state index in [4.69, 9.17) is 5.14 Å². The molecule has 0 spiro atoms. The largest absolute Gasteiger partial charge is 0.354 e. The maximum atomic E-state index is 15.1. The van der Waals surface area contributed by atoms with Crippen LogP contribution in [0.1, 0.15) is 66.3 Å². The van der Waals surface area contributed by atoms with Crippen molar-refractivity contribution in [3.63, 3.8) is 0 Å². The second kappa shape index (κ2) is 7.43. The van der Waals surface area contributed by atoms with Crippen LogP contribution in [0.25, 0.3) is 0 Å². The van der Waals surface area contributed by atoms with Crippen LogP contribution < -0.4 is 10.5 Å². The fourth-order valence-electron chi connectivity index (χ4n) is 4.80. The highest BCUT2D eigenvalue weighted by Crippen LogP contribution is 2.40. The van der Waals surface area contributed by atoms with Crippen LogP contribution in [0.5, 0.6) is 0 Å². The van der Waals surface area contributed by atoms with Crippen LogP contribution in [0.4, 0.5) is 14.9 Å². The number of rotatable bonds is 2. The number of aryl methyl sites for hydroxylation is 3. The summed E-state index contributed by atoms with van der Waals surface area (Å²) in [6.07, 6.45) is 5.94. The molecule has 0 saturated carbocycles. The number of nitrogens with one attached hydrogen (secondary N) is 1. The van der Waals surface area contributed by atoms with Gasteiger partial charge in [0.15, 0.2) is 19.9 Å². The van der Waals surface area contributed by atoms with Crippen LogP contribution in [0.2, 0.25) is 0 Å². The zero-order valence-electron chi connectivity index (χ0n) is 17.9. The average molecular weight is 450 g/mol. The van der Waals surface area contributed by atoms with Gasteiger partial charge >= 0.3 is 6.03 Å². The Morgan fingerprint density at radius 2 is 1.73 bits per heavy atom. The number of urea groups is 1. The predicted molar refractivity (Wildman–Crippen MR) is 120 cm³/mol. The van der Waals surface area contributed by atoms with Crippen molar-refractivity contribution in [2.45, 2.75) is 75.8 Å². The minimum atomic E-state index is -3.69. The molecular formula is C22H28FN3O2S2. The second-order valence-electron chi connectivity index (χ2n) is 9.21. The number of thiophene rings is 1. The fraction of sp³-hybridized carbons (Fsp3) is 0.500. The molecule has 1 aromatic heterocycles. The number of carbonyl (C=O) groups is 1. The van der Waals surface area contributed by atoms with Crippen molar-refractivity contribution < 1.29 is 13.4 Å². The van der Waals surface area contributed by atoms with E-state index in [1.165, 1.54) is 11.1 Å². The number of halogens is 1. The summed E-state index contributed by atoms with van der Waals surface area (Å²) in [6.45, 7) is 7.42. The molecular weight excluding hydrogens is 421 g/mol. The molecule has 0 saturated heterocycles. The molecule has 1 aromatic carbocycles. The molecule has 2 aliphatic rings. The lowest BCUT2D eigenvalue weighted by Crippen LogP contribution is -2.20. The smallest absolute Gasteiger partial charge is 0.305 e. The van der Waals surface area contributed by atoms with E-state index >= 15 is 4.39 Å². The first-order valence-corrected chi connectivity index (χ1v) is 12.7. The molecule has 4 rings (SSSR count). The number of nitrogens with two attached hydrogens (primary N) is 1. The number of hydrogen-bond donors (Lipinski definition) is 2. The van der Waals surface area contributed by atoms with Crippen LogP contribution in [-0.4, -0.2) is 10.2 Å². The van der Waals surface area contributed by atoms with E-state index in [-0.39, 0.29) is 4.21 Å². The van der Waals surface area contributed by atoms with Crippen molar-refractivity contribution in [3.05, 3.63) is 44.6 Å². The molecule has 1 heterocycles. The van der Waals surface area contributed by atoms with E-state index in [9.17, 15) is 9.00 Å². The molecule has 0 radical (unpaired) electrons. The Kier molecular flexibility index (Phi) is 5.31. The summed E-state index contributed by atoms with van der Waals surface area (Å²) in [5, 5.41) is 8.77. The lowest BCUT2D eigenvalue weighted by molar-refractivity contribution is 0.260. The lowest BCUT2D eigenvalue weighted by atomic mass is 9.87. The maximum Gasteiger partial charge on any atom is 0.354 e. The van der Waals surface area contributed by atoms with Gasteiger partial charge < -0.3 is 5.32 Å². The number of fused-ring (bicyclic) bond motifs is 2. The third kappa shape index (κ3) is 3.69. The van der Waals surface area contributed by atoms with Gasteiger partial charge in [0.25, 0.3) is 0 Å². The van der Waals surface area contributed by atoms with Crippen molar-refractivity contribution >= 4 is 33.0 Å². The van der Waals surface area contributed by atoms with Gasteiger partial charge in [-0.25, -0.2) is 18.5 Å². The maximum absolute atomic E-state index is 15.1. The Bertz CT molecular complexity index is 1140. The summed E-state index contributed by atoms with van der Waals surface area (Å²) in [7, 11) is -3.69. The number of amides is 2. The van der Waals surface area contributed by atoms with Crippen LogP contribution >= 0.6 is 11.3 Å². The summed E-state index contributed by atoms with van der Waals surface area (Å²) in [5.74, 6) is -0.615. The van der Waals surface area contributed by atoms with Crippen LogP contribution in [0.3, 0.4) is 0 Å². The lowest BCUT2D eigenvalue weighted by Gasteiger charge is -2.18. The first-order valence-electron chi connectivity index (χ1n) is 10.3. The van der Waals surface area contributed by atoms with E-state index in [2.05, 4.69) is 15.7 Å². The number of anilines is 1. The predicted octanol–water partition coefficient (Wildman–Crippen LogP) is 5.40. The Balaban J connectivity index is 1.71. The minimum Gasteiger partial charge on any atom is -0.305 e. The number of nitrogens with zero attached hydrogens (tertiary/aromatic N) is 1. The topological polar surface area (TPSA) is 84.6 Å². The molecule has 2 amide bonds. The Hall–Kier alpha value is -1.77. The van der Waals surface area contributed by atoms with Gasteiger partial charge in [0.2, 0.25) is 0 Å². The summed E-state index contributed by atoms with van der Waals surface area (Å²) in [5.41, 5.74) is 5.65. The molecule has 2 aliphatic carbocycles. The van der Waals surface area contributed by atoms with E-state index in [0.717, 1.165) is 66.7 Å². The van der Waals surface area contributed by atoms with Crippen molar-refractivity contribution in [3.8, 4) is 0 Å². The third-order valence-electron chi connectivity index (χ3n) is 5.94. The monoisotopic (exact) mass is 449 g/mol. The second-order valence-corrected chi connectivity index (χ2v) is 12.4. The summed E-state index contributed by atoms with van der Waals surface area (Å²) in [4.78, 5) is 13.4. The Morgan fingerprint density at radius 3 is 2.23 bits per heavy atom. The molecule has 30 heavy (non-hydrogen) atoms. The van der Waals surface area contributed by atoms with Gasteiger partial charge in [-0.05, 0) is 73.1 Å². The van der Waals surface area contributed by atoms with Crippen LogP contribution in [-0.2, 0) is 41.0 Å². The molecule has 0 fully saturated rings. The molecule has 162 valence electrons. The van der Waals surface area contributed by atoms with E-state index in [0.29, 0.717) is 10.4 Å². The van der Waals surface area contributed by atoms with E-state index in [1.807, 2.05) is 20.8 Å². The standard InChI is InChI=1S/C22H28FN3O2S2/c1-12-17(22(2,3)4)18(23)20(29-12)30(24,28)26-21(27)25-19-15-9-5-7-13(15)11-14-8-6-10-16(14)19/h11H,5-10H2,1-4H3,(H3,24,25,26,27,28). The molecule has 1 unspecified atom stereocenters. The van der Waals surface area contributed by atoms with Gasteiger partial charge in [0.1, 0.15) is 0 Å². The molecule has 8 heteroatoms. The molecule has 3 N–H and O–H groups in total. The minimum absolute atomic E-state index is 0.163. The fourth-order valence-corrected chi connectivity index (χ4v) is 7.46.